The number of fused-ring (bicyclic) bond motifs is 2. The Morgan fingerprint density at radius 2 is 1.81 bits per heavy atom. The molecule has 3 atom stereocenters. The highest BCUT2D eigenvalue weighted by molar-refractivity contribution is 5.31. The van der Waals surface area contributed by atoms with Crippen molar-refractivity contribution in [3.8, 4) is 11.5 Å². The van der Waals surface area contributed by atoms with Gasteiger partial charge in [0, 0.05) is 6.07 Å². The Kier molecular flexibility index (Phi) is 2.50. The van der Waals surface area contributed by atoms with E-state index < -0.39 is 0 Å². The van der Waals surface area contributed by atoms with Gasteiger partial charge >= 0.3 is 0 Å². The van der Waals surface area contributed by atoms with Crippen LogP contribution in [0.15, 0.2) is 24.3 Å². The van der Waals surface area contributed by atoms with Gasteiger partial charge in [-0.1, -0.05) is 18.9 Å². The van der Waals surface area contributed by atoms with Crippen LogP contribution in [0, 0.1) is 11.8 Å². The van der Waals surface area contributed by atoms with Crippen LogP contribution >= 0.6 is 0 Å². The molecule has 1 unspecified atom stereocenters. The second-order valence-corrected chi connectivity index (χ2v) is 5.25. The molecule has 0 aliphatic heterocycles. The Balaban J connectivity index is 1.67. The largest absolute Gasteiger partial charge is 0.508 e. The summed E-state index contributed by atoms with van der Waals surface area (Å²) >= 11 is 0. The van der Waals surface area contributed by atoms with Crippen molar-refractivity contribution < 1.29 is 9.84 Å². The Morgan fingerprint density at radius 1 is 1.06 bits per heavy atom. The average molecular weight is 218 g/mol. The Hall–Kier alpha value is -1.18. The molecule has 2 heteroatoms. The van der Waals surface area contributed by atoms with Crippen molar-refractivity contribution in [2.24, 2.45) is 11.8 Å². The fourth-order valence-corrected chi connectivity index (χ4v) is 3.29. The minimum atomic E-state index is 0.288. The number of rotatable bonds is 2. The molecule has 2 saturated carbocycles. The van der Waals surface area contributed by atoms with Crippen molar-refractivity contribution in [2.45, 2.75) is 38.2 Å². The molecule has 0 saturated heterocycles. The van der Waals surface area contributed by atoms with Gasteiger partial charge in [0.25, 0.3) is 0 Å². The third-order valence-corrected chi connectivity index (χ3v) is 3.96. The molecule has 1 N–H and O–H groups in total. The molecular formula is C14H18O2. The summed E-state index contributed by atoms with van der Waals surface area (Å²) in [5.74, 6) is 2.88. The van der Waals surface area contributed by atoms with E-state index in [1.165, 1.54) is 32.1 Å². The van der Waals surface area contributed by atoms with Crippen LogP contribution in [0.4, 0.5) is 0 Å². The van der Waals surface area contributed by atoms with Crippen LogP contribution in [0.5, 0.6) is 11.5 Å². The van der Waals surface area contributed by atoms with Crippen molar-refractivity contribution in [1.82, 2.24) is 0 Å². The molecule has 0 aromatic heterocycles. The molecule has 1 aromatic rings. The van der Waals surface area contributed by atoms with Gasteiger partial charge in [0.15, 0.2) is 0 Å². The Labute approximate surface area is 96.2 Å². The molecule has 0 amide bonds. The first-order valence-electron chi connectivity index (χ1n) is 6.25. The summed E-state index contributed by atoms with van der Waals surface area (Å²) in [5, 5.41) is 9.38. The monoisotopic (exact) mass is 218 g/mol. The van der Waals surface area contributed by atoms with Gasteiger partial charge in [0.05, 0.1) is 6.10 Å². The third kappa shape index (κ3) is 2.01. The van der Waals surface area contributed by atoms with Gasteiger partial charge in [0.1, 0.15) is 11.5 Å². The van der Waals surface area contributed by atoms with E-state index in [9.17, 15) is 5.11 Å². The van der Waals surface area contributed by atoms with Crippen molar-refractivity contribution in [3.05, 3.63) is 24.3 Å². The summed E-state index contributed by atoms with van der Waals surface area (Å²) in [5.41, 5.74) is 0. The lowest BCUT2D eigenvalue weighted by Gasteiger charge is -2.28. The molecular weight excluding hydrogens is 200 g/mol. The van der Waals surface area contributed by atoms with Crippen LogP contribution in [0.3, 0.4) is 0 Å². The first kappa shape index (κ1) is 10.0. The fraction of sp³-hybridized carbons (Fsp3) is 0.571. The normalized spacial score (nSPS) is 32.6. The summed E-state index contributed by atoms with van der Waals surface area (Å²) in [4.78, 5) is 0. The summed E-state index contributed by atoms with van der Waals surface area (Å²) < 4.78 is 5.96. The molecule has 2 aliphatic carbocycles. The van der Waals surface area contributed by atoms with E-state index >= 15 is 0 Å². The maximum atomic E-state index is 9.38. The van der Waals surface area contributed by atoms with Crippen LogP contribution in [-0.4, -0.2) is 11.2 Å². The second kappa shape index (κ2) is 4.00. The summed E-state index contributed by atoms with van der Waals surface area (Å²) in [6, 6.07) is 7.15. The number of phenols is 1. The topological polar surface area (TPSA) is 29.5 Å². The van der Waals surface area contributed by atoms with Gasteiger partial charge in [-0.2, -0.15) is 0 Å². The van der Waals surface area contributed by atoms with E-state index in [4.69, 9.17) is 4.74 Å². The van der Waals surface area contributed by atoms with Gasteiger partial charge in [-0.25, -0.2) is 0 Å². The number of phenolic OH excluding ortho intramolecular Hbond substituents is 1. The summed E-state index contributed by atoms with van der Waals surface area (Å²) in [7, 11) is 0. The molecule has 3 rings (SSSR count). The maximum absolute atomic E-state index is 9.38. The lowest BCUT2D eigenvalue weighted by molar-refractivity contribution is 0.118. The SMILES string of the molecule is Oc1cccc(OC2C[C@H]3CC[C@@H](C2)C3)c1. The number of ether oxygens (including phenoxy) is 1. The maximum Gasteiger partial charge on any atom is 0.123 e. The summed E-state index contributed by atoms with van der Waals surface area (Å²) in [6.45, 7) is 0. The number of aromatic hydroxyl groups is 1. The van der Waals surface area contributed by atoms with Crippen LogP contribution in [0.1, 0.15) is 32.1 Å². The Morgan fingerprint density at radius 3 is 2.50 bits per heavy atom. The molecule has 2 aliphatic rings. The molecule has 16 heavy (non-hydrogen) atoms. The van der Waals surface area contributed by atoms with Gasteiger partial charge in [-0.3, -0.25) is 0 Å². The van der Waals surface area contributed by atoms with E-state index in [0.29, 0.717) is 6.10 Å². The molecule has 2 nitrogen and oxygen atoms in total. The highest BCUT2D eigenvalue weighted by Crippen LogP contribution is 2.43. The van der Waals surface area contributed by atoms with E-state index in [2.05, 4.69) is 0 Å². The fourth-order valence-electron chi connectivity index (χ4n) is 3.29. The standard InChI is InChI=1S/C14H18O2/c15-12-2-1-3-13(9-12)16-14-7-10-4-5-11(6-10)8-14/h1-3,9-11,14-15H,4-8H2/t10-,11+,14?. The Bertz CT molecular complexity index is 363. The van der Waals surface area contributed by atoms with Crippen LogP contribution in [-0.2, 0) is 0 Å². The van der Waals surface area contributed by atoms with E-state index in [1.54, 1.807) is 12.1 Å². The van der Waals surface area contributed by atoms with Gasteiger partial charge in [-0.05, 0) is 43.2 Å². The minimum Gasteiger partial charge on any atom is -0.508 e. The predicted molar refractivity (Wildman–Crippen MR) is 62.6 cm³/mol. The van der Waals surface area contributed by atoms with Gasteiger partial charge in [-0.15, -0.1) is 0 Å². The number of benzene rings is 1. The van der Waals surface area contributed by atoms with E-state index in [0.717, 1.165) is 17.6 Å². The van der Waals surface area contributed by atoms with E-state index in [1.807, 2.05) is 12.1 Å². The quantitative estimate of drug-likeness (QED) is 0.824. The minimum absolute atomic E-state index is 0.288. The molecule has 1 aromatic carbocycles. The lowest BCUT2D eigenvalue weighted by atomic mass is 9.87. The smallest absolute Gasteiger partial charge is 0.123 e. The van der Waals surface area contributed by atoms with Crippen LogP contribution in [0.25, 0.3) is 0 Å². The lowest BCUT2D eigenvalue weighted by Crippen LogP contribution is -2.25. The zero-order valence-corrected chi connectivity index (χ0v) is 9.43. The van der Waals surface area contributed by atoms with Crippen molar-refractivity contribution in [1.29, 1.82) is 0 Å². The van der Waals surface area contributed by atoms with Gasteiger partial charge < -0.3 is 9.84 Å². The molecule has 0 spiro atoms. The molecule has 0 heterocycles. The van der Waals surface area contributed by atoms with Gasteiger partial charge in [0.2, 0.25) is 0 Å². The predicted octanol–water partition coefficient (Wildman–Crippen LogP) is 3.35. The average Bonchev–Trinajstić information content (AvgIpc) is 2.58. The second-order valence-electron chi connectivity index (χ2n) is 5.25. The van der Waals surface area contributed by atoms with Crippen LogP contribution < -0.4 is 4.74 Å². The number of hydrogen-bond donors (Lipinski definition) is 1. The molecule has 86 valence electrons. The molecule has 2 bridgehead atoms. The highest BCUT2D eigenvalue weighted by atomic mass is 16.5. The summed E-state index contributed by atoms with van der Waals surface area (Å²) in [6.07, 6.45) is 6.97. The van der Waals surface area contributed by atoms with Crippen molar-refractivity contribution in [3.63, 3.8) is 0 Å². The molecule has 0 radical (unpaired) electrons. The first-order valence-corrected chi connectivity index (χ1v) is 6.25. The highest BCUT2D eigenvalue weighted by Gasteiger charge is 2.34. The van der Waals surface area contributed by atoms with Crippen LogP contribution in [0.2, 0.25) is 0 Å². The number of hydrogen-bond acceptors (Lipinski definition) is 2. The zero-order valence-electron chi connectivity index (χ0n) is 9.43. The first-order chi connectivity index (χ1) is 7.79. The zero-order chi connectivity index (χ0) is 11.0. The van der Waals surface area contributed by atoms with E-state index in [-0.39, 0.29) is 5.75 Å². The third-order valence-electron chi connectivity index (χ3n) is 3.96. The van der Waals surface area contributed by atoms with Crippen molar-refractivity contribution in [2.75, 3.05) is 0 Å². The molecule has 2 fully saturated rings. The van der Waals surface area contributed by atoms with Crippen molar-refractivity contribution >= 4 is 0 Å².